The van der Waals surface area contributed by atoms with Crippen molar-refractivity contribution in [2.75, 3.05) is 12.9 Å². The molecule has 36 nitrogen and oxygen atoms in total. The Labute approximate surface area is 660 Å². The lowest BCUT2D eigenvalue weighted by atomic mass is 9.72. The lowest BCUT2D eigenvalue weighted by Gasteiger charge is -2.47. The fraction of sp³-hybridized carbons (Fsp3) is 0.394. The molecule has 4 aliphatic heterocycles. The number of rotatable bonds is 12. The molecule has 4 aromatic heterocycles. The number of ketones is 1. The van der Waals surface area contributed by atoms with Crippen LogP contribution in [0.1, 0.15) is 155 Å². The Morgan fingerprint density at radius 2 is 1.52 bits per heavy atom. The lowest BCUT2D eigenvalue weighted by Crippen LogP contribution is -2.65. The maximum atomic E-state index is 15.9. The number of methoxy groups -OCH3 is 1. The van der Waals surface area contributed by atoms with E-state index in [0.717, 1.165) is 64.6 Å². The third-order valence-electron chi connectivity index (χ3n) is 19.1. The van der Waals surface area contributed by atoms with Crippen molar-refractivity contribution in [3.8, 4) is 0 Å². The highest BCUT2D eigenvalue weighted by Crippen LogP contribution is 2.50. The molecular weight excluding hydrogens is 1550 g/mol. The zero-order valence-electron chi connectivity index (χ0n) is 61.4. The Hall–Kier alpha value is -10.3. The summed E-state index contributed by atoms with van der Waals surface area (Å²) in [7, 11) is 1.13. The molecule has 2 aliphatic carbocycles. The average Bonchev–Trinajstić information content (AvgIpc) is 1.01. The van der Waals surface area contributed by atoms with Gasteiger partial charge in [0.2, 0.25) is 29.4 Å². The summed E-state index contributed by atoms with van der Waals surface area (Å²) in [5.74, 6) is -13.9. The van der Waals surface area contributed by atoms with Crippen molar-refractivity contribution in [3.63, 3.8) is 0 Å². The van der Waals surface area contributed by atoms with Crippen molar-refractivity contribution in [1.82, 2.24) is 83.7 Å². The highest BCUT2D eigenvalue weighted by Gasteiger charge is 2.54. The van der Waals surface area contributed by atoms with Crippen molar-refractivity contribution < 1.29 is 87.8 Å². The minimum absolute atomic E-state index is 0.0180. The molecule has 10 rings (SSSR count). The summed E-state index contributed by atoms with van der Waals surface area (Å²) in [5.41, 5.74) is -4.36. The Balaban J connectivity index is 1.19. The molecule has 594 valence electrons. The summed E-state index contributed by atoms with van der Waals surface area (Å²) in [6.45, 7) is 23.4. The van der Waals surface area contributed by atoms with Gasteiger partial charge in [-0.15, -0.1) is 57.5 Å². The molecule has 19 N–H and O–H groups in total. The van der Waals surface area contributed by atoms with E-state index in [2.05, 4.69) is 105 Å². The molecule has 0 radical (unpaired) electrons. The van der Waals surface area contributed by atoms with E-state index in [1.807, 2.05) is 0 Å². The summed E-state index contributed by atoms with van der Waals surface area (Å²) >= 11 is 4.62. The molecule has 0 fully saturated rings. The first-order valence-electron chi connectivity index (χ1n) is 34.5. The van der Waals surface area contributed by atoms with E-state index in [1.54, 1.807) is 26.8 Å². The maximum absolute atomic E-state index is 15.9. The number of aliphatic hydroxyl groups is 5. The van der Waals surface area contributed by atoms with Crippen molar-refractivity contribution in [2.45, 2.75) is 157 Å². The normalized spacial score (nSPS) is 27.2. The number of Topliss-reactive ketones (excluding diaryl/α,β-unsaturated/α-hetero) is 1. The van der Waals surface area contributed by atoms with Crippen LogP contribution in [-0.2, 0) is 60.2 Å². The van der Waals surface area contributed by atoms with Crippen LogP contribution in [0.4, 0.5) is 0 Å². The molecular formula is C71H82N18O18S5. The van der Waals surface area contributed by atoms with Gasteiger partial charge in [-0.3, -0.25) is 67.8 Å². The second kappa shape index (κ2) is 34.3. The lowest BCUT2D eigenvalue weighted by molar-refractivity contribution is -0.130. The van der Waals surface area contributed by atoms with Crippen LogP contribution in [0.25, 0.3) is 11.6 Å². The molecule has 12 bridgehead atoms. The quantitative estimate of drug-likeness (QED) is 0.0806. The second-order valence-corrected chi connectivity index (χ2v) is 31.9. The number of nitrogens with zero attached hydrogens (tertiary/aromatic N) is 5. The standard InChI is InChI=1S/C71H82N18O18S5/c1-13-39-65-82-44(24-109-65)61(102)87-52(69(11,105)34(10)92)67-83-43(25-111-67)59(100)86-48-50(107-12)49(93)40-20-36(21-90)37-15-14-17-71(106,51(37)78-40)88-46(27(2)3)62(103)77-31(7)56(97)74-29(5)55(96)75-32(8)57(98)89-70(68-84-45(26-112-68)60(101)85-47(33(9)91)63(104)79-39)18-16-35(19-38(70)41-22-110-66(48)80-41)64-81-42(23-108-64)58(99)76-30(6)54(95)73-28(4)53(72)94/h13-15,19-20,22-23,25-27,32-34,38,44,46-48,50,52,68,84,88,90-92,105-106H,4-7,16-18,21,24H2,1-3,8-12H3,(H2,72,94)(H,73,95)(H,74,97)(H,75,96)(H,76,99)(H,77,103)(H,79,104)(H,85,101)(H,86,100)(H,87,102)(H,89,98)/b39-13-/t32-,33+,34+,38+,44+,46?,47-,48-,50?,52+,68?,69-,70?,71?/m0/s1. The number of carbonyl (C=O) groups excluding carboxylic acids is 12. The van der Waals surface area contributed by atoms with Crippen LogP contribution in [0, 0.1) is 5.92 Å². The summed E-state index contributed by atoms with van der Waals surface area (Å²) in [6, 6.07) is -7.95. The molecule has 4 aromatic rings. The zero-order valence-corrected chi connectivity index (χ0v) is 65.5. The van der Waals surface area contributed by atoms with Gasteiger partial charge in [-0.05, 0) is 70.6 Å². The molecule has 0 aromatic carbocycles. The largest absolute Gasteiger partial charge is 0.392 e. The van der Waals surface area contributed by atoms with Crippen LogP contribution >= 0.6 is 57.5 Å². The fourth-order valence-corrected chi connectivity index (χ4v) is 17.5. The van der Waals surface area contributed by atoms with Gasteiger partial charge in [-0.2, -0.15) is 0 Å². The number of carbonyl (C=O) groups is 12. The predicted octanol–water partition coefficient (Wildman–Crippen LogP) is -0.352. The number of allylic oxidation sites excluding steroid dienone is 2. The van der Waals surface area contributed by atoms with Crippen LogP contribution in [-0.4, -0.2) is 193 Å². The third kappa shape index (κ3) is 17.8. The molecule has 14 atom stereocenters. The number of aliphatic hydroxyl groups excluding tert-OH is 3. The Morgan fingerprint density at radius 1 is 0.812 bits per heavy atom. The Morgan fingerprint density at radius 3 is 2.19 bits per heavy atom. The average molecular weight is 1640 g/mol. The minimum Gasteiger partial charge on any atom is -0.392 e. The number of aliphatic imine (C=N–C) groups is 1. The highest BCUT2D eigenvalue weighted by atomic mass is 32.2. The number of ether oxygens (including phenoxy) is 1. The first-order chi connectivity index (χ1) is 52.8. The fourth-order valence-electron chi connectivity index (χ4n) is 12.5. The van der Waals surface area contributed by atoms with Crippen LogP contribution in [0.2, 0.25) is 0 Å². The first-order valence-corrected chi connectivity index (χ1v) is 39.1. The maximum Gasteiger partial charge on any atom is 0.275 e. The number of pyridine rings is 1. The van der Waals surface area contributed by atoms with E-state index < -0.39 is 194 Å². The van der Waals surface area contributed by atoms with Gasteiger partial charge in [-0.1, -0.05) is 64.5 Å². The molecule has 8 heterocycles. The van der Waals surface area contributed by atoms with E-state index in [4.69, 9.17) is 20.4 Å². The number of hydrogen-bond donors (Lipinski definition) is 18. The van der Waals surface area contributed by atoms with E-state index in [9.17, 15) is 68.7 Å². The van der Waals surface area contributed by atoms with E-state index in [1.165, 1.54) is 73.5 Å². The summed E-state index contributed by atoms with van der Waals surface area (Å²) in [5, 5.41) is 94.5. The van der Waals surface area contributed by atoms with Crippen molar-refractivity contribution in [2.24, 2.45) is 16.6 Å². The number of nitrogens with one attached hydrogen (secondary N) is 12. The highest BCUT2D eigenvalue weighted by molar-refractivity contribution is 8.14. The molecule has 41 heteroatoms. The molecule has 6 aliphatic rings. The number of hydrogen-bond acceptors (Lipinski definition) is 30. The third-order valence-corrected chi connectivity index (χ3v) is 24.1. The van der Waals surface area contributed by atoms with Crippen molar-refractivity contribution in [3.05, 3.63) is 161 Å². The zero-order chi connectivity index (χ0) is 81.9. The summed E-state index contributed by atoms with van der Waals surface area (Å²) < 4.78 is 6.13. The topological polar surface area (TPSA) is 550 Å². The Bertz CT molecular complexity index is 4790. The van der Waals surface area contributed by atoms with Gasteiger partial charge >= 0.3 is 0 Å². The molecule has 0 saturated carbocycles. The summed E-state index contributed by atoms with van der Waals surface area (Å²) in [4.78, 5) is 195. The van der Waals surface area contributed by atoms with Gasteiger partial charge < -0.3 is 94.5 Å². The molecule has 5 unspecified atom stereocenters. The van der Waals surface area contributed by atoms with Gasteiger partial charge in [-0.25, -0.2) is 19.9 Å². The molecule has 0 spiro atoms. The second-order valence-electron chi connectivity index (χ2n) is 27.3. The minimum atomic E-state index is -2.34. The molecule has 112 heavy (non-hydrogen) atoms. The summed E-state index contributed by atoms with van der Waals surface area (Å²) in [6.07, 6.45) is 0.553. The van der Waals surface area contributed by atoms with E-state index >= 15 is 14.4 Å². The number of nitrogens with two attached hydrogens (primary N) is 1. The van der Waals surface area contributed by atoms with Crippen molar-refractivity contribution in [1.29, 1.82) is 0 Å². The SMILES string of the molecule is C=C(NC(=O)C(=C)NC(=O)c1csc(C2=C[C@@H]3c4csc(n4)[C@H]4NC(=O)c5csc(n5)[C@H]([C@@](C)(O)[C@@H](C)O)NC(=O)[C@H]5CSC(=N5)/C(=C/C)NC(=O)[C@H]([C@@H](C)O)NC(=O)C5=CSC(N5)C3(CC2)NC(=O)[C@H](C)NC(=O)C(=C)NC(=O)C(=C)NC(=O)C(C(C)C)NC2(O)CC=Cc3c(CO)cc(nc32)C(=O)C4OC)n1)C(N)=O. The van der Waals surface area contributed by atoms with E-state index in [-0.39, 0.29) is 90.4 Å². The number of aromatic nitrogens is 4. The van der Waals surface area contributed by atoms with Gasteiger partial charge in [0.05, 0.1) is 70.3 Å². The van der Waals surface area contributed by atoms with Crippen LogP contribution in [0.3, 0.4) is 0 Å². The molecule has 0 saturated heterocycles. The van der Waals surface area contributed by atoms with Crippen molar-refractivity contribution >= 4 is 145 Å². The van der Waals surface area contributed by atoms with Crippen LogP contribution in [0.15, 0.2) is 111 Å². The van der Waals surface area contributed by atoms with Crippen LogP contribution in [0.5, 0.6) is 0 Å². The van der Waals surface area contributed by atoms with Gasteiger partial charge in [0, 0.05) is 52.3 Å². The molecule has 11 amide bonds. The number of thiazole rings is 3. The number of amides is 11. The van der Waals surface area contributed by atoms with Crippen LogP contribution < -0.4 is 69.5 Å². The smallest absolute Gasteiger partial charge is 0.275 e. The number of thioether (sulfide) groups is 2. The van der Waals surface area contributed by atoms with Gasteiger partial charge in [0.25, 0.3) is 41.4 Å². The predicted molar refractivity (Wildman–Crippen MR) is 412 cm³/mol. The van der Waals surface area contributed by atoms with Gasteiger partial charge in [0.15, 0.2) is 5.72 Å². The monoisotopic (exact) mass is 1630 g/mol. The Kier molecular flexibility index (Phi) is 25.8. The van der Waals surface area contributed by atoms with E-state index in [0.29, 0.717) is 5.57 Å². The van der Waals surface area contributed by atoms with Gasteiger partial charge in [0.1, 0.15) is 90.1 Å². The number of primary amides is 1. The number of fused-ring (bicyclic) bond motifs is 6. The first kappa shape index (κ1) is 84.1.